The number of ether oxygens (including phenoxy) is 1. The largest absolute Gasteiger partial charge is 0.466 e. The SMILES string of the molecule is CCCCC/C=C\CCCCCCCC(=O)OCCCCCCCCCCC/C=C\CCCCCCCC(=O)NC(CO)C(O)/C=C/CCCCCCCCCCCCCCCCCC. The molecule has 0 fully saturated rings. The zero-order valence-corrected chi connectivity index (χ0v) is 43.5. The van der Waals surface area contributed by atoms with Crippen LogP contribution in [0.15, 0.2) is 36.5 Å². The van der Waals surface area contributed by atoms with Crippen molar-refractivity contribution in [3.63, 3.8) is 0 Å². The fourth-order valence-electron chi connectivity index (χ4n) is 8.68. The highest BCUT2D eigenvalue weighted by molar-refractivity contribution is 5.76. The number of nitrogens with one attached hydrogen (secondary N) is 1. The molecule has 0 aliphatic rings. The van der Waals surface area contributed by atoms with E-state index in [1.165, 1.54) is 212 Å². The van der Waals surface area contributed by atoms with Gasteiger partial charge in [0.25, 0.3) is 0 Å². The van der Waals surface area contributed by atoms with Gasteiger partial charge in [0, 0.05) is 12.8 Å². The second-order valence-corrected chi connectivity index (χ2v) is 19.6. The average molecular weight is 915 g/mol. The molecule has 0 aliphatic carbocycles. The van der Waals surface area contributed by atoms with Crippen molar-refractivity contribution in [1.29, 1.82) is 0 Å². The Balaban J connectivity index is 3.50. The van der Waals surface area contributed by atoms with Crippen molar-refractivity contribution in [2.45, 2.75) is 315 Å². The number of unbranched alkanes of at least 4 members (excludes halogenated alkanes) is 38. The Labute approximate surface area is 404 Å². The number of rotatable bonds is 53. The third-order valence-corrected chi connectivity index (χ3v) is 13.1. The number of aliphatic hydroxyl groups excluding tert-OH is 2. The van der Waals surface area contributed by atoms with E-state index in [1.807, 2.05) is 6.08 Å². The van der Waals surface area contributed by atoms with Crippen molar-refractivity contribution in [2.75, 3.05) is 13.2 Å². The third-order valence-electron chi connectivity index (χ3n) is 13.1. The second kappa shape index (κ2) is 54.7. The van der Waals surface area contributed by atoms with Crippen LogP contribution in [0.3, 0.4) is 0 Å². The van der Waals surface area contributed by atoms with Crippen molar-refractivity contribution >= 4 is 11.9 Å². The second-order valence-electron chi connectivity index (χ2n) is 19.6. The number of carbonyl (C=O) groups excluding carboxylic acids is 2. The van der Waals surface area contributed by atoms with Gasteiger partial charge in [0.05, 0.1) is 25.4 Å². The topological polar surface area (TPSA) is 95.9 Å². The van der Waals surface area contributed by atoms with Crippen LogP contribution in [0.5, 0.6) is 0 Å². The lowest BCUT2D eigenvalue weighted by atomic mass is 10.0. The van der Waals surface area contributed by atoms with Crippen LogP contribution in [-0.4, -0.2) is 47.4 Å². The van der Waals surface area contributed by atoms with Crippen LogP contribution in [0.4, 0.5) is 0 Å². The van der Waals surface area contributed by atoms with Gasteiger partial charge in [-0.25, -0.2) is 0 Å². The number of aliphatic hydroxyl groups is 2. The van der Waals surface area contributed by atoms with E-state index in [2.05, 4.69) is 43.5 Å². The fraction of sp³-hybridized carbons (Fsp3) is 0.864. The minimum absolute atomic E-state index is 0.00819. The number of hydrogen-bond donors (Lipinski definition) is 3. The van der Waals surface area contributed by atoms with Gasteiger partial charge in [0.1, 0.15) is 0 Å². The van der Waals surface area contributed by atoms with Gasteiger partial charge in [-0.2, -0.15) is 0 Å². The smallest absolute Gasteiger partial charge is 0.305 e. The predicted octanol–water partition coefficient (Wildman–Crippen LogP) is 17.6. The molecule has 0 aromatic rings. The van der Waals surface area contributed by atoms with Crippen LogP contribution in [0.2, 0.25) is 0 Å². The first-order valence-electron chi connectivity index (χ1n) is 28.8. The van der Waals surface area contributed by atoms with Crippen molar-refractivity contribution < 1.29 is 24.5 Å². The van der Waals surface area contributed by atoms with Crippen molar-refractivity contribution in [3.05, 3.63) is 36.5 Å². The number of carbonyl (C=O) groups is 2. The van der Waals surface area contributed by atoms with Gasteiger partial charge < -0.3 is 20.3 Å². The molecule has 0 radical (unpaired) electrons. The van der Waals surface area contributed by atoms with E-state index in [0.29, 0.717) is 19.4 Å². The Morgan fingerprint density at radius 3 is 1.12 bits per heavy atom. The van der Waals surface area contributed by atoms with Crippen molar-refractivity contribution in [1.82, 2.24) is 5.32 Å². The molecule has 0 aromatic carbocycles. The molecule has 0 saturated heterocycles. The Bertz CT molecular complexity index is 1060. The molecule has 0 aliphatic heterocycles. The lowest BCUT2D eigenvalue weighted by molar-refractivity contribution is -0.143. The first-order valence-corrected chi connectivity index (χ1v) is 28.8. The Hall–Kier alpha value is -1.92. The van der Waals surface area contributed by atoms with E-state index in [-0.39, 0.29) is 18.5 Å². The van der Waals surface area contributed by atoms with Gasteiger partial charge in [0.15, 0.2) is 0 Å². The van der Waals surface area contributed by atoms with Crippen molar-refractivity contribution in [2.24, 2.45) is 0 Å². The average Bonchev–Trinajstić information content (AvgIpc) is 3.31. The Morgan fingerprint density at radius 1 is 0.415 bits per heavy atom. The summed E-state index contributed by atoms with van der Waals surface area (Å²) in [6.07, 6.45) is 67.3. The van der Waals surface area contributed by atoms with Crippen LogP contribution in [0.1, 0.15) is 303 Å². The summed E-state index contributed by atoms with van der Waals surface area (Å²) in [4.78, 5) is 24.5. The molecule has 3 N–H and O–H groups in total. The van der Waals surface area contributed by atoms with Gasteiger partial charge in [-0.1, -0.05) is 243 Å². The molecule has 6 heteroatoms. The summed E-state index contributed by atoms with van der Waals surface area (Å²) >= 11 is 0. The van der Waals surface area contributed by atoms with Gasteiger partial charge in [-0.05, 0) is 83.5 Å². The summed E-state index contributed by atoms with van der Waals surface area (Å²) in [6, 6.07) is -0.639. The van der Waals surface area contributed by atoms with E-state index in [4.69, 9.17) is 4.74 Å². The number of allylic oxidation sites excluding steroid dienone is 5. The number of esters is 1. The zero-order valence-electron chi connectivity index (χ0n) is 43.5. The molecule has 0 aromatic heterocycles. The molecule has 0 spiro atoms. The molecule has 0 saturated carbocycles. The van der Waals surface area contributed by atoms with Crippen LogP contribution in [0, 0.1) is 0 Å². The quantitative estimate of drug-likeness (QED) is 0.0321. The first-order chi connectivity index (χ1) is 32.0. The zero-order chi connectivity index (χ0) is 47.2. The van der Waals surface area contributed by atoms with E-state index in [1.54, 1.807) is 6.08 Å². The van der Waals surface area contributed by atoms with E-state index in [0.717, 1.165) is 64.2 Å². The summed E-state index contributed by atoms with van der Waals surface area (Å²) in [5.41, 5.74) is 0. The Kier molecular flexibility index (Phi) is 53.1. The normalized spacial score (nSPS) is 12.9. The Morgan fingerprint density at radius 2 is 0.723 bits per heavy atom. The minimum Gasteiger partial charge on any atom is -0.466 e. The maximum atomic E-state index is 12.5. The lowest BCUT2D eigenvalue weighted by Crippen LogP contribution is -2.45. The van der Waals surface area contributed by atoms with E-state index in [9.17, 15) is 19.8 Å². The highest BCUT2D eigenvalue weighted by Crippen LogP contribution is 2.16. The third kappa shape index (κ3) is 51.3. The van der Waals surface area contributed by atoms with E-state index >= 15 is 0 Å². The molecule has 1 amide bonds. The van der Waals surface area contributed by atoms with Crippen LogP contribution in [0.25, 0.3) is 0 Å². The molecule has 6 nitrogen and oxygen atoms in total. The van der Waals surface area contributed by atoms with Crippen molar-refractivity contribution in [3.8, 4) is 0 Å². The minimum atomic E-state index is -0.854. The predicted molar refractivity (Wildman–Crippen MR) is 283 cm³/mol. The summed E-state index contributed by atoms with van der Waals surface area (Å²) < 4.78 is 5.45. The summed E-state index contributed by atoms with van der Waals surface area (Å²) in [5, 5.41) is 23.1. The van der Waals surface area contributed by atoms with Gasteiger partial charge in [-0.15, -0.1) is 0 Å². The molecule has 0 bridgehead atoms. The van der Waals surface area contributed by atoms with E-state index < -0.39 is 12.1 Å². The van der Waals surface area contributed by atoms with Gasteiger partial charge >= 0.3 is 5.97 Å². The lowest BCUT2D eigenvalue weighted by Gasteiger charge is -2.20. The molecule has 2 unspecified atom stereocenters. The first kappa shape index (κ1) is 63.1. The molecule has 0 rings (SSSR count). The van der Waals surface area contributed by atoms with Crippen LogP contribution < -0.4 is 5.32 Å². The maximum Gasteiger partial charge on any atom is 0.305 e. The molecule has 65 heavy (non-hydrogen) atoms. The molecule has 0 heterocycles. The highest BCUT2D eigenvalue weighted by Gasteiger charge is 2.18. The monoisotopic (exact) mass is 914 g/mol. The number of hydrogen-bond acceptors (Lipinski definition) is 5. The van der Waals surface area contributed by atoms with Crippen LogP contribution >= 0.6 is 0 Å². The molecule has 2 atom stereocenters. The maximum absolute atomic E-state index is 12.5. The summed E-state index contributed by atoms with van der Waals surface area (Å²) in [5.74, 6) is -0.0894. The van der Waals surface area contributed by atoms with Gasteiger partial charge in [0.2, 0.25) is 5.91 Å². The fourth-order valence-corrected chi connectivity index (χ4v) is 8.68. The summed E-state index contributed by atoms with van der Waals surface area (Å²) in [7, 11) is 0. The standard InChI is InChI=1S/C59H111NO5/c1-3-5-7-9-11-13-15-17-18-19-22-25-28-31-35-39-43-47-51-57(62)56(55-61)60-58(63)52-48-44-40-36-32-29-26-23-20-21-24-27-30-34-38-42-46-50-54-65-59(64)53-49-45-41-37-33-16-14-12-10-8-6-4-2/h12,14,23,26,47,51,56-57,61-62H,3-11,13,15-22,24-25,27-46,48-50,52-55H2,1-2H3,(H,60,63)/b14-12-,26-23-,51-47+. The molecular formula is C59H111NO5. The molecule has 382 valence electrons. The van der Waals surface area contributed by atoms with Gasteiger partial charge in [-0.3, -0.25) is 9.59 Å². The van der Waals surface area contributed by atoms with Crippen LogP contribution in [-0.2, 0) is 14.3 Å². The highest BCUT2D eigenvalue weighted by atomic mass is 16.5. The molecular weight excluding hydrogens is 803 g/mol. The number of amides is 1. The summed E-state index contributed by atoms with van der Waals surface area (Å²) in [6.45, 7) is 4.87.